The molecule has 0 spiro atoms. The molecule has 0 amide bonds. The van der Waals surface area contributed by atoms with Crippen LogP contribution in [0.3, 0.4) is 0 Å². The van der Waals surface area contributed by atoms with Gasteiger partial charge in [-0.2, -0.15) is 0 Å². The molecular weight excluding hydrogens is 222 g/mol. The van der Waals surface area contributed by atoms with E-state index in [1.54, 1.807) is 12.1 Å². The van der Waals surface area contributed by atoms with Crippen molar-refractivity contribution in [3.8, 4) is 5.75 Å². The summed E-state index contributed by atoms with van der Waals surface area (Å²) in [5, 5.41) is 13.1. The first-order chi connectivity index (χ1) is 8.72. The SMILES string of the molecule is CC(Cc1ccc(O)cc1)NC(C1CC1)C1CC1. The monoisotopic (exact) mass is 245 g/mol. The summed E-state index contributed by atoms with van der Waals surface area (Å²) in [5.74, 6) is 2.27. The van der Waals surface area contributed by atoms with E-state index in [2.05, 4.69) is 12.2 Å². The molecular formula is C16H23NO. The number of benzene rings is 1. The van der Waals surface area contributed by atoms with Crippen molar-refractivity contribution in [1.29, 1.82) is 0 Å². The van der Waals surface area contributed by atoms with Crippen LogP contribution in [0, 0.1) is 11.8 Å². The Morgan fingerprint density at radius 2 is 1.67 bits per heavy atom. The van der Waals surface area contributed by atoms with Crippen LogP contribution in [-0.2, 0) is 6.42 Å². The molecule has 2 nitrogen and oxygen atoms in total. The van der Waals surface area contributed by atoms with Gasteiger partial charge in [-0.1, -0.05) is 12.1 Å². The molecule has 1 aromatic rings. The molecule has 2 saturated carbocycles. The van der Waals surface area contributed by atoms with Gasteiger partial charge in [-0.05, 0) is 68.6 Å². The minimum atomic E-state index is 0.355. The smallest absolute Gasteiger partial charge is 0.115 e. The lowest BCUT2D eigenvalue weighted by molar-refractivity contribution is 0.371. The molecule has 0 radical (unpaired) electrons. The Morgan fingerprint density at radius 3 is 2.17 bits per heavy atom. The van der Waals surface area contributed by atoms with Crippen molar-refractivity contribution in [2.45, 2.75) is 51.1 Å². The normalized spacial score (nSPS) is 21.2. The van der Waals surface area contributed by atoms with Gasteiger partial charge in [0.1, 0.15) is 5.75 Å². The summed E-state index contributed by atoms with van der Waals surface area (Å²) in [6, 6.07) is 8.91. The summed E-state index contributed by atoms with van der Waals surface area (Å²) >= 11 is 0. The Kier molecular flexibility index (Phi) is 3.29. The quantitative estimate of drug-likeness (QED) is 0.807. The maximum atomic E-state index is 9.28. The number of rotatable bonds is 6. The van der Waals surface area contributed by atoms with E-state index in [-0.39, 0.29) is 0 Å². The van der Waals surface area contributed by atoms with E-state index in [1.165, 1.54) is 31.2 Å². The average molecular weight is 245 g/mol. The zero-order valence-corrected chi connectivity index (χ0v) is 11.1. The highest BCUT2D eigenvalue weighted by Gasteiger charge is 2.41. The molecule has 0 aromatic heterocycles. The predicted octanol–water partition coefficient (Wildman–Crippen LogP) is 3.10. The number of phenolic OH excluding ortho intramolecular Hbond substituents is 1. The highest BCUT2D eigenvalue weighted by atomic mass is 16.3. The van der Waals surface area contributed by atoms with E-state index in [4.69, 9.17) is 0 Å². The molecule has 2 N–H and O–H groups in total. The van der Waals surface area contributed by atoms with E-state index >= 15 is 0 Å². The molecule has 2 heteroatoms. The average Bonchev–Trinajstić information content (AvgIpc) is 3.22. The first-order valence-corrected chi connectivity index (χ1v) is 7.26. The van der Waals surface area contributed by atoms with Crippen LogP contribution in [-0.4, -0.2) is 17.2 Å². The van der Waals surface area contributed by atoms with Gasteiger partial charge >= 0.3 is 0 Å². The molecule has 1 aromatic carbocycles. The minimum Gasteiger partial charge on any atom is -0.508 e. The van der Waals surface area contributed by atoms with Crippen LogP contribution in [0.1, 0.15) is 38.2 Å². The van der Waals surface area contributed by atoms with Crippen LogP contribution in [0.2, 0.25) is 0 Å². The first kappa shape index (κ1) is 12.0. The van der Waals surface area contributed by atoms with Crippen molar-refractivity contribution in [2.24, 2.45) is 11.8 Å². The van der Waals surface area contributed by atoms with Crippen molar-refractivity contribution in [3.05, 3.63) is 29.8 Å². The highest BCUT2D eigenvalue weighted by Crippen LogP contribution is 2.44. The van der Waals surface area contributed by atoms with E-state index < -0.39 is 0 Å². The molecule has 1 unspecified atom stereocenters. The molecule has 18 heavy (non-hydrogen) atoms. The summed E-state index contributed by atoms with van der Waals surface area (Å²) in [6.45, 7) is 2.28. The molecule has 3 rings (SSSR count). The molecule has 98 valence electrons. The van der Waals surface area contributed by atoms with Crippen molar-refractivity contribution in [3.63, 3.8) is 0 Å². The number of phenols is 1. The molecule has 1 atom stereocenters. The molecule has 0 heterocycles. The van der Waals surface area contributed by atoms with Gasteiger partial charge < -0.3 is 10.4 Å². The van der Waals surface area contributed by atoms with Gasteiger partial charge in [0.05, 0.1) is 0 Å². The van der Waals surface area contributed by atoms with E-state index in [1.807, 2.05) is 12.1 Å². The molecule has 2 fully saturated rings. The lowest BCUT2D eigenvalue weighted by atomic mass is 10.0. The number of hydrogen-bond donors (Lipinski definition) is 2. The van der Waals surface area contributed by atoms with Crippen LogP contribution in [0.4, 0.5) is 0 Å². The summed E-state index contributed by atoms with van der Waals surface area (Å²) in [7, 11) is 0. The fourth-order valence-electron chi connectivity index (χ4n) is 2.94. The molecule has 2 aliphatic rings. The lowest BCUT2D eigenvalue weighted by Gasteiger charge is -2.23. The van der Waals surface area contributed by atoms with Gasteiger partial charge in [-0.3, -0.25) is 0 Å². The molecule has 0 aliphatic heterocycles. The van der Waals surface area contributed by atoms with Crippen molar-refractivity contribution in [2.75, 3.05) is 0 Å². The zero-order valence-electron chi connectivity index (χ0n) is 11.1. The van der Waals surface area contributed by atoms with E-state index in [0.717, 1.165) is 24.3 Å². The fraction of sp³-hybridized carbons (Fsp3) is 0.625. The third-order valence-electron chi connectivity index (χ3n) is 4.21. The summed E-state index contributed by atoms with van der Waals surface area (Å²) in [6.07, 6.45) is 6.77. The first-order valence-electron chi connectivity index (χ1n) is 7.26. The minimum absolute atomic E-state index is 0.355. The van der Waals surface area contributed by atoms with Gasteiger partial charge in [0.15, 0.2) is 0 Å². The van der Waals surface area contributed by atoms with Gasteiger partial charge in [0.2, 0.25) is 0 Å². The second-order valence-corrected chi connectivity index (χ2v) is 6.14. The number of hydrogen-bond acceptors (Lipinski definition) is 2. The zero-order chi connectivity index (χ0) is 12.5. The maximum absolute atomic E-state index is 9.28. The molecule has 0 bridgehead atoms. The third-order valence-corrected chi connectivity index (χ3v) is 4.21. The maximum Gasteiger partial charge on any atom is 0.115 e. The molecule has 2 aliphatic carbocycles. The standard InChI is InChI=1S/C16H23NO/c1-11(10-12-2-8-15(18)9-3-12)17-16(13-4-5-13)14-6-7-14/h2-3,8-9,11,13-14,16-18H,4-7,10H2,1H3. The topological polar surface area (TPSA) is 32.3 Å². The van der Waals surface area contributed by atoms with Crippen molar-refractivity contribution < 1.29 is 5.11 Å². The van der Waals surface area contributed by atoms with Crippen molar-refractivity contribution >= 4 is 0 Å². The van der Waals surface area contributed by atoms with E-state index in [0.29, 0.717) is 11.8 Å². The highest BCUT2D eigenvalue weighted by molar-refractivity contribution is 5.26. The van der Waals surface area contributed by atoms with Gasteiger partial charge in [0.25, 0.3) is 0 Å². The second-order valence-electron chi connectivity index (χ2n) is 6.14. The van der Waals surface area contributed by atoms with Crippen LogP contribution in [0.25, 0.3) is 0 Å². The Balaban J connectivity index is 1.54. The fourth-order valence-corrected chi connectivity index (χ4v) is 2.94. The molecule has 0 saturated heterocycles. The van der Waals surface area contributed by atoms with Gasteiger partial charge in [-0.25, -0.2) is 0 Å². The number of nitrogens with one attached hydrogen (secondary N) is 1. The van der Waals surface area contributed by atoms with Crippen LogP contribution >= 0.6 is 0 Å². The second kappa shape index (κ2) is 4.93. The third kappa shape index (κ3) is 3.05. The summed E-state index contributed by atoms with van der Waals surface area (Å²) in [5.41, 5.74) is 1.30. The number of aromatic hydroxyl groups is 1. The van der Waals surface area contributed by atoms with Crippen LogP contribution in [0.15, 0.2) is 24.3 Å². The largest absolute Gasteiger partial charge is 0.508 e. The Bertz CT molecular complexity index is 380. The van der Waals surface area contributed by atoms with Crippen molar-refractivity contribution in [1.82, 2.24) is 5.32 Å². The van der Waals surface area contributed by atoms with Crippen LogP contribution < -0.4 is 5.32 Å². The van der Waals surface area contributed by atoms with E-state index in [9.17, 15) is 5.11 Å². The lowest BCUT2D eigenvalue weighted by Crippen LogP contribution is -2.40. The Labute approximate surface area is 109 Å². The Morgan fingerprint density at radius 1 is 1.11 bits per heavy atom. The van der Waals surface area contributed by atoms with Gasteiger partial charge in [-0.15, -0.1) is 0 Å². The summed E-state index contributed by atoms with van der Waals surface area (Å²) < 4.78 is 0. The van der Waals surface area contributed by atoms with Gasteiger partial charge in [0, 0.05) is 12.1 Å². The Hall–Kier alpha value is -1.02. The predicted molar refractivity (Wildman–Crippen MR) is 73.6 cm³/mol. The summed E-state index contributed by atoms with van der Waals surface area (Å²) in [4.78, 5) is 0. The van der Waals surface area contributed by atoms with Crippen LogP contribution in [0.5, 0.6) is 5.75 Å².